The van der Waals surface area contributed by atoms with E-state index in [9.17, 15) is 29.4 Å². The first-order chi connectivity index (χ1) is 15.4. The van der Waals surface area contributed by atoms with Crippen molar-refractivity contribution in [2.45, 2.75) is 50.7 Å². The molecule has 0 saturated carbocycles. The molecule has 1 unspecified atom stereocenters. The zero-order valence-electron chi connectivity index (χ0n) is 18.0. The van der Waals surface area contributed by atoms with E-state index in [1.165, 1.54) is 17.8 Å². The predicted octanol–water partition coefficient (Wildman–Crippen LogP) is 0.00430. The number of nitrogens with one attached hydrogen (secondary N) is 1. The third kappa shape index (κ3) is 4.84. The lowest BCUT2D eigenvalue weighted by Crippen LogP contribution is -2.43. The Bertz CT molecular complexity index is 1060. The Morgan fingerprint density at radius 3 is 2.64 bits per heavy atom. The first-order valence-corrected chi connectivity index (χ1v) is 12.0. The van der Waals surface area contributed by atoms with Gasteiger partial charge in [0, 0.05) is 6.54 Å². The Labute approximate surface area is 193 Å². The van der Waals surface area contributed by atoms with Crippen LogP contribution in [0.3, 0.4) is 0 Å². The number of aliphatic hydroxyl groups excluding tert-OH is 2. The first-order valence-electron chi connectivity index (χ1n) is 9.96. The molecule has 0 amide bonds. The van der Waals surface area contributed by atoms with E-state index in [0.717, 1.165) is 6.92 Å². The fourth-order valence-electron chi connectivity index (χ4n) is 3.23. The number of aromatic nitrogens is 4. The highest BCUT2D eigenvalue weighted by Gasteiger charge is 2.54. The molecule has 2 aromatic rings. The normalized spacial score (nSPS) is 25.2. The van der Waals surface area contributed by atoms with Crippen LogP contribution < -0.4 is 5.32 Å². The summed E-state index contributed by atoms with van der Waals surface area (Å²) in [5, 5.41) is 21.3. The Hall–Kier alpha value is -1.90. The van der Waals surface area contributed by atoms with Gasteiger partial charge in [0.2, 0.25) is 5.28 Å². The zero-order valence-corrected chi connectivity index (χ0v) is 19.6. The number of imidazole rings is 1. The molecule has 0 aliphatic carbocycles. The molecule has 5 atom stereocenters. The zero-order chi connectivity index (χ0) is 24.6. The van der Waals surface area contributed by atoms with Crippen LogP contribution in [0.2, 0.25) is 5.28 Å². The maximum absolute atomic E-state index is 12.1. The van der Waals surface area contributed by atoms with E-state index in [4.69, 9.17) is 25.8 Å². The summed E-state index contributed by atoms with van der Waals surface area (Å²) in [4.78, 5) is 43.8. The van der Waals surface area contributed by atoms with E-state index in [2.05, 4.69) is 20.3 Å². The summed E-state index contributed by atoms with van der Waals surface area (Å²) in [5.74, 6) is -0.906. The smallest absolute Gasteiger partial charge is 0.368 e. The van der Waals surface area contributed by atoms with E-state index in [0.29, 0.717) is 17.9 Å². The lowest BCUT2D eigenvalue weighted by atomic mass is 10.1. The van der Waals surface area contributed by atoms with E-state index in [1.54, 1.807) is 0 Å². The number of halogens is 1. The second kappa shape index (κ2) is 9.76. The van der Waals surface area contributed by atoms with Crippen molar-refractivity contribution in [1.29, 1.82) is 0 Å². The fourth-order valence-corrected chi connectivity index (χ4v) is 3.94. The molecule has 0 spiro atoms. The number of nitrogens with zero attached hydrogens (tertiary/aromatic N) is 4. The number of carbonyl (C=O) groups excluding carboxylic acids is 1. The first kappa shape index (κ1) is 25.7. The summed E-state index contributed by atoms with van der Waals surface area (Å²) in [6, 6.07) is 0. The number of carbonyl (C=O) groups is 1. The highest BCUT2D eigenvalue weighted by atomic mass is 35.5. The van der Waals surface area contributed by atoms with Gasteiger partial charge in [0.25, 0.3) is 5.34 Å². The van der Waals surface area contributed by atoms with Gasteiger partial charge in [-0.15, -0.1) is 0 Å². The molecular weight excluding hydrogens is 485 g/mol. The lowest BCUT2D eigenvalue weighted by Gasteiger charge is -2.29. The van der Waals surface area contributed by atoms with Gasteiger partial charge in [-0.2, -0.15) is 9.97 Å². The molecule has 33 heavy (non-hydrogen) atoms. The number of anilines is 1. The van der Waals surface area contributed by atoms with Crippen LogP contribution in [0, 0.1) is 0 Å². The van der Waals surface area contributed by atoms with Crippen molar-refractivity contribution in [3.8, 4) is 0 Å². The molecule has 0 bridgehead atoms. The van der Waals surface area contributed by atoms with Crippen LogP contribution in [0.15, 0.2) is 6.33 Å². The summed E-state index contributed by atoms with van der Waals surface area (Å²) in [5.41, 5.74) is 0.568. The Morgan fingerprint density at radius 2 is 2.03 bits per heavy atom. The van der Waals surface area contributed by atoms with E-state index < -0.39 is 50.1 Å². The van der Waals surface area contributed by atoms with E-state index >= 15 is 0 Å². The highest BCUT2D eigenvalue weighted by Crippen LogP contribution is 2.52. The van der Waals surface area contributed by atoms with E-state index in [-0.39, 0.29) is 17.5 Å². The topological polar surface area (TPSA) is 198 Å². The van der Waals surface area contributed by atoms with Crippen LogP contribution in [-0.2, 0) is 23.6 Å². The number of ether oxygens (including phenoxy) is 3. The average molecular weight is 510 g/mol. The number of hydrogen-bond acceptors (Lipinski definition) is 11. The summed E-state index contributed by atoms with van der Waals surface area (Å²) in [6.07, 6.45) is -4.15. The monoisotopic (exact) mass is 509 g/mol. The Balaban J connectivity index is 1.85. The highest BCUT2D eigenvalue weighted by molar-refractivity contribution is 7.54. The summed E-state index contributed by atoms with van der Waals surface area (Å²) < 4.78 is 28.9. The van der Waals surface area contributed by atoms with Gasteiger partial charge in [0.1, 0.15) is 18.3 Å². The van der Waals surface area contributed by atoms with E-state index in [1.807, 2.05) is 6.92 Å². The van der Waals surface area contributed by atoms with Gasteiger partial charge >= 0.3 is 13.6 Å². The van der Waals surface area contributed by atoms with Crippen LogP contribution in [-0.4, -0.2) is 88.9 Å². The second-order valence-corrected chi connectivity index (χ2v) is 9.58. The number of rotatable bonds is 9. The number of esters is 1. The standard InChI is InChI=1S/C17H25ClN5O9P/c1-4-19-12-9-13(22-16(18)21-12)23(7-20-9)14-11(25)10(24)8(32-14)6-31-17(3,33(27,28)29)15(26)30-5-2/h7-8,10-11,14,24-25H,4-6H2,1-3H3,(H,19,21,22)(H2,27,28,29)/t8-,10-,11-,14-,17?/m1/s1. The number of fused-ring (bicyclic) bond motifs is 1. The minimum absolute atomic E-state index is 0.0834. The molecule has 0 radical (unpaired) electrons. The maximum Gasteiger partial charge on any atom is 0.368 e. The van der Waals surface area contributed by atoms with Crippen molar-refractivity contribution >= 4 is 42.1 Å². The molecule has 1 fully saturated rings. The van der Waals surface area contributed by atoms with Crippen LogP contribution in [0.25, 0.3) is 11.2 Å². The van der Waals surface area contributed by atoms with Gasteiger partial charge in [-0.25, -0.2) is 9.78 Å². The Kier molecular flexibility index (Phi) is 7.61. The molecule has 2 aromatic heterocycles. The maximum atomic E-state index is 12.1. The molecule has 1 saturated heterocycles. The predicted molar refractivity (Wildman–Crippen MR) is 113 cm³/mol. The fraction of sp³-hybridized carbons (Fsp3) is 0.647. The van der Waals surface area contributed by atoms with Crippen LogP contribution in [0.4, 0.5) is 5.82 Å². The van der Waals surface area contributed by atoms with Crippen molar-refractivity contribution in [1.82, 2.24) is 19.5 Å². The summed E-state index contributed by atoms with van der Waals surface area (Å²) >= 11 is 5.99. The SMILES string of the molecule is CCNc1nc(Cl)nc2c1ncn2[C@@H]1O[C@H](COC(C)(C(=O)OCC)P(=O)(O)O)[C@@H](O)[C@H]1O. The van der Waals surface area contributed by atoms with Crippen LogP contribution in [0.1, 0.15) is 27.0 Å². The van der Waals surface area contributed by atoms with Crippen molar-refractivity contribution < 1.29 is 43.6 Å². The van der Waals surface area contributed by atoms with Gasteiger partial charge in [0.05, 0.1) is 19.5 Å². The van der Waals surface area contributed by atoms with Crippen LogP contribution in [0.5, 0.6) is 0 Å². The average Bonchev–Trinajstić information content (AvgIpc) is 3.27. The third-order valence-electron chi connectivity index (χ3n) is 5.09. The van der Waals surface area contributed by atoms with Gasteiger partial charge in [-0.3, -0.25) is 9.13 Å². The summed E-state index contributed by atoms with van der Waals surface area (Å²) in [7, 11) is -5.13. The van der Waals surface area contributed by atoms with Gasteiger partial charge < -0.3 is 39.5 Å². The molecule has 3 heterocycles. The molecule has 184 valence electrons. The lowest BCUT2D eigenvalue weighted by molar-refractivity contribution is -0.166. The van der Waals surface area contributed by atoms with Gasteiger partial charge in [-0.1, -0.05) is 0 Å². The molecular formula is C17H25ClN5O9P. The molecule has 14 nitrogen and oxygen atoms in total. The largest absolute Gasteiger partial charge is 0.463 e. The van der Waals surface area contributed by atoms with Crippen molar-refractivity contribution in [3.63, 3.8) is 0 Å². The summed E-state index contributed by atoms with van der Waals surface area (Å²) in [6.45, 7) is 3.97. The molecule has 5 N–H and O–H groups in total. The van der Waals surface area contributed by atoms with Gasteiger partial charge in [-0.05, 0) is 32.4 Å². The van der Waals surface area contributed by atoms with Crippen molar-refractivity contribution in [2.24, 2.45) is 0 Å². The molecule has 1 aliphatic heterocycles. The minimum atomic E-state index is -5.13. The van der Waals surface area contributed by atoms with Gasteiger partial charge in [0.15, 0.2) is 23.2 Å². The minimum Gasteiger partial charge on any atom is -0.463 e. The van der Waals surface area contributed by atoms with Crippen molar-refractivity contribution in [2.75, 3.05) is 25.1 Å². The molecule has 3 rings (SSSR count). The van der Waals surface area contributed by atoms with Crippen molar-refractivity contribution in [3.05, 3.63) is 11.6 Å². The Morgan fingerprint density at radius 1 is 1.33 bits per heavy atom. The molecule has 16 heteroatoms. The number of hydrogen-bond donors (Lipinski definition) is 5. The third-order valence-corrected chi connectivity index (χ3v) is 6.68. The molecule has 0 aromatic carbocycles. The second-order valence-electron chi connectivity index (χ2n) is 7.30. The molecule has 1 aliphatic rings. The number of aliphatic hydroxyl groups is 2. The quantitative estimate of drug-likeness (QED) is 0.172. The van der Waals surface area contributed by atoms with Crippen LogP contribution >= 0.6 is 19.2 Å².